The molecule has 0 aliphatic rings. The highest BCUT2D eigenvalue weighted by molar-refractivity contribution is 7.13. The minimum atomic E-state index is 0.0235. The van der Waals surface area contributed by atoms with E-state index in [9.17, 15) is 4.79 Å². The molecule has 25 heavy (non-hydrogen) atoms. The van der Waals surface area contributed by atoms with Crippen molar-refractivity contribution in [3.63, 3.8) is 0 Å². The second-order valence-corrected chi connectivity index (χ2v) is 7.16. The summed E-state index contributed by atoms with van der Waals surface area (Å²) in [7, 11) is 1.83. The highest BCUT2D eigenvalue weighted by atomic mass is 35.5. The van der Waals surface area contributed by atoms with E-state index in [1.54, 1.807) is 4.90 Å². The van der Waals surface area contributed by atoms with Crippen LogP contribution >= 0.6 is 22.9 Å². The molecule has 2 aromatic carbocycles. The van der Waals surface area contributed by atoms with Gasteiger partial charge in [-0.25, -0.2) is 4.98 Å². The zero-order valence-electron chi connectivity index (χ0n) is 14.1. The average Bonchev–Trinajstić information content (AvgIpc) is 3.09. The quantitative estimate of drug-likeness (QED) is 0.616. The fourth-order valence-corrected chi connectivity index (χ4v) is 3.74. The maximum absolute atomic E-state index is 12.6. The molecular weight excluding hydrogens is 352 g/mol. The standard InChI is InChI=1S/C20H19ClN2OS/c1-14(15-8-4-3-5-9-15)23(2)19(24)12-16-13-25-20(22-16)17-10-6-7-11-18(17)21/h3-11,13-14H,12H2,1-2H3/t14-/m1/s1. The summed E-state index contributed by atoms with van der Waals surface area (Å²) in [6, 6.07) is 17.7. The van der Waals surface area contributed by atoms with E-state index in [-0.39, 0.29) is 18.4 Å². The second-order valence-electron chi connectivity index (χ2n) is 5.89. The lowest BCUT2D eigenvalue weighted by Gasteiger charge is -2.25. The minimum Gasteiger partial charge on any atom is -0.339 e. The molecule has 0 N–H and O–H groups in total. The highest BCUT2D eigenvalue weighted by Gasteiger charge is 2.19. The van der Waals surface area contributed by atoms with Crippen LogP contribution in [0.3, 0.4) is 0 Å². The largest absolute Gasteiger partial charge is 0.339 e. The maximum Gasteiger partial charge on any atom is 0.228 e. The lowest BCUT2D eigenvalue weighted by atomic mass is 10.1. The van der Waals surface area contributed by atoms with Crippen molar-refractivity contribution in [2.45, 2.75) is 19.4 Å². The highest BCUT2D eigenvalue weighted by Crippen LogP contribution is 2.30. The number of hydrogen-bond donors (Lipinski definition) is 0. The summed E-state index contributed by atoms with van der Waals surface area (Å²) in [5.74, 6) is 0.0485. The van der Waals surface area contributed by atoms with E-state index in [1.807, 2.05) is 73.9 Å². The summed E-state index contributed by atoms with van der Waals surface area (Å²) in [6.07, 6.45) is 0.286. The van der Waals surface area contributed by atoms with Crippen LogP contribution < -0.4 is 0 Å². The number of benzene rings is 2. The van der Waals surface area contributed by atoms with Crippen LogP contribution in [0.1, 0.15) is 24.2 Å². The van der Waals surface area contributed by atoms with Crippen molar-refractivity contribution in [1.29, 1.82) is 0 Å². The Hall–Kier alpha value is -2.17. The van der Waals surface area contributed by atoms with Crippen molar-refractivity contribution in [3.05, 3.63) is 76.3 Å². The molecule has 0 fully saturated rings. The van der Waals surface area contributed by atoms with Crippen LogP contribution in [0.25, 0.3) is 10.6 Å². The normalized spacial score (nSPS) is 12.0. The summed E-state index contributed by atoms with van der Waals surface area (Å²) >= 11 is 7.73. The van der Waals surface area contributed by atoms with Gasteiger partial charge in [-0.05, 0) is 18.6 Å². The Kier molecular flexibility index (Phi) is 5.51. The Morgan fingerprint density at radius 2 is 1.84 bits per heavy atom. The third kappa shape index (κ3) is 4.09. The fraction of sp³-hybridized carbons (Fsp3) is 0.200. The SMILES string of the molecule is C[C@H](c1ccccc1)N(C)C(=O)Cc1csc(-c2ccccc2Cl)n1. The van der Waals surface area contributed by atoms with Crippen molar-refractivity contribution in [2.24, 2.45) is 0 Å². The lowest BCUT2D eigenvalue weighted by molar-refractivity contribution is -0.131. The molecule has 3 aromatic rings. The molecule has 0 aliphatic carbocycles. The van der Waals surface area contributed by atoms with Gasteiger partial charge in [0.2, 0.25) is 5.91 Å². The number of thiazole rings is 1. The van der Waals surface area contributed by atoms with Crippen molar-refractivity contribution in [2.75, 3.05) is 7.05 Å². The third-order valence-corrected chi connectivity index (χ3v) is 5.50. The van der Waals surface area contributed by atoms with Gasteiger partial charge in [0.1, 0.15) is 5.01 Å². The zero-order chi connectivity index (χ0) is 17.8. The van der Waals surface area contributed by atoms with Gasteiger partial charge in [0.05, 0.1) is 23.2 Å². The second kappa shape index (κ2) is 7.81. The summed E-state index contributed by atoms with van der Waals surface area (Å²) in [5, 5.41) is 3.44. The Morgan fingerprint density at radius 1 is 1.16 bits per heavy atom. The van der Waals surface area contributed by atoms with E-state index in [4.69, 9.17) is 11.6 Å². The number of likely N-dealkylation sites (N-methyl/N-ethyl adjacent to an activating group) is 1. The van der Waals surface area contributed by atoms with Gasteiger partial charge in [0.25, 0.3) is 0 Å². The molecule has 5 heteroatoms. The van der Waals surface area contributed by atoms with Gasteiger partial charge in [-0.15, -0.1) is 11.3 Å². The number of nitrogens with zero attached hydrogens (tertiary/aromatic N) is 2. The smallest absolute Gasteiger partial charge is 0.228 e. The minimum absolute atomic E-state index is 0.0235. The van der Waals surface area contributed by atoms with Crippen LogP contribution in [0.15, 0.2) is 60.0 Å². The average molecular weight is 371 g/mol. The topological polar surface area (TPSA) is 33.2 Å². The van der Waals surface area contributed by atoms with Crippen molar-refractivity contribution < 1.29 is 4.79 Å². The van der Waals surface area contributed by atoms with Crippen LogP contribution in [0, 0.1) is 0 Å². The molecule has 0 bridgehead atoms. The number of amides is 1. The molecule has 1 heterocycles. The molecule has 1 aromatic heterocycles. The van der Waals surface area contributed by atoms with Gasteiger partial charge in [-0.1, -0.05) is 60.1 Å². The number of rotatable bonds is 5. The van der Waals surface area contributed by atoms with Crippen LogP contribution in [-0.2, 0) is 11.2 Å². The van der Waals surface area contributed by atoms with Crippen LogP contribution in [0.2, 0.25) is 5.02 Å². The van der Waals surface area contributed by atoms with E-state index < -0.39 is 0 Å². The number of hydrogen-bond acceptors (Lipinski definition) is 3. The molecular formula is C20H19ClN2OS. The summed E-state index contributed by atoms with van der Waals surface area (Å²) < 4.78 is 0. The molecule has 0 radical (unpaired) electrons. The maximum atomic E-state index is 12.6. The molecule has 3 rings (SSSR count). The van der Waals surface area contributed by atoms with Crippen LogP contribution in [0.4, 0.5) is 0 Å². The van der Waals surface area contributed by atoms with E-state index in [1.165, 1.54) is 11.3 Å². The number of aromatic nitrogens is 1. The summed E-state index contributed by atoms with van der Waals surface area (Å²) in [6.45, 7) is 2.03. The Balaban J connectivity index is 1.70. The van der Waals surface area contributed by atoms with Crippen LogP contribution in [0.5, 0.6) is 0 Å². The molecule has 0 saturated heterocycles. The molecule has 0 saturated carbocycles. The fourth-order valence-electron chi connectivity index (χ4n) is 2.60. The predicted molar refractivity (Wildman–Crippen MR) is 104 cm³/mol. The van der Waals surface area contributed by atoms with Gasteiger partial charge in [-0.2, -0.15) is 0 Å². The van der Waals surface area contributed by atoms with Crippen molar-refractivity contribution >= 4 is 28.8 Å². The van der Waals surface area contributed by atoms with Crippen LogP contribution in [-0.4, -0.2) is 22.8 Å². The first-order valence-corrected chi connectivity index (χ1v) is 9.32. The first kappa shape index (κ1) is 17.6. The molecule has 0 aliphatic heterocycles. The predicted octanol–water partition coefficient (Wildman–Crippen LogP) is 5.23. The molecule has 1 amide bonds. The van der Waals surface area contributed by atoms with E-state index in [2.05, 4.69) is 4.98 Å². The van der Waals surface area contributed by atoms with Gasteiger partial charge in [-0.3, -0.25) is 4.79 Å². The van der Waals surface area contributed by atoms with E-state index in [0.717, 1.165) is 21.8 Å². The molecule has 3 nitrogen and oxygen atoms in total. The lowest BCUT2D eigenvalue weighted by Crippen LogP contribution is -2.31. The van der Waals surface area contributed by atoms with Gasteiger partial charge >= 0.3 is 0 Å². The van der Waals surface area contributed by atoms with Gasteiger partial charge < -0.3 is 4.90 Å². The van der Waals surface area contributed by atoms with E-state index >= 15 is 0 Å². The zero-order valence-corrected chi connectivity index (χ0v) is 15.7. The molecule has 1 atom stereocenters. The Bertz CT molecular complexity index is 863. The van der Waals surface area contributed by atoms with Gasteiger partial charge in [0, 0.05) is 18.0 Å². The molecule has 0 unspecified atom stereocenters. The van der Waals surface area contributed by atoms with E-state index in [0.29, 0.717) is 5.02 Å². The first-order valence-electron chi connectivity index (χ1n) is 8.06. The van der Waals surface area contributed by atoms with Gasteiger partial charge in [0.15, 0.2) is 0 Å². The first-order chi connectivity index (χ1) is 12.1. The monoisotopic (exact) mass is 370 g/mol. The Labute approximate surface area is 156 Å². The summed E-state index contributed by atoms with van der Waals surface area (Å²) in [4.78, 5) is 19.0. The third-order valence-electron chi connectivity index (χ3n) is 4.24. The molecule has 128 valence electrons. The van der Waals surface area contributed by atoms with Crippen molar-refractivity contribution in [1.82, 2.24) is 9.88 Å². The number of carbonyl (C=O) groups excluding carboxylic acids is 1. The summed E-state index contributed by atoms with van der Waals surface area (Å²) in [5.41, 5.74) is 2.80. The molecule has 0 spiro atoms. The van der Waals surface area contributed by atoms with Crippen molar-refractivity contribution in [3.8, 4) is 10.6 Å². The number of halogens is 1. The Morgan fingerprint density at radius 3 is 2.56 bits per heavy atom. The number of carbonyl (C=O) groups is 1.